The number of hydrogen-bond acceptors (Lipinski definition) is 2. The minimum Gasteiger partial charge on any atom is -0.481 e. The molecule has 0 amide bonds. The van der Waals surface area contributed by atoms with E-state index in [4.69, 9.17) is 5.11 Å². The minimum absolute atomic E-state index is 0.0613. The van der Waals surface area contributed by atoms with E-state index in [1.807, 2.05) is 0 Å². The maximum absolute atomic E-state index is 10.5. The summed E-state index contributed by atoms with van der Waals surface area (Å²) in [5.41, 5.74) is 1.86. The van der Waals surface area contributed by atoms with Crippen molar-refractivity contribution in [2.24, 2.45) is 7.05 Å². The molecule has 13 heavy (non-hydrogen) atoms. The normalized spacial score (nSPS) is 10.3. The summed E-state index contributed by atoms with van der Waals surface area (Å²) in [6.07, 6.45) is 3.72. The van der Waals surface area contributed by atoms with Crippen LogP contribution in [0, 0.1) is 0 Å². The van der Waals surface area contributed by atoms with Gasteiger partial charge in [0.05, 0.1) is 18.3 Å². The Balaban J connectivity index is 2.87. The molecule has 0 bridgehead atoms. The van der Waals surface area contributed by atoms with Crippen LogP contribution in [0.15, 0.2) is 6.20 Å². The fraction of sp³-hybridized carbons (Fsp3) is 0.556. The third kappa shape index (κ3) is 2.31. The number of rotatable bonds is 4. The summed E-state index contributed by atoms with van der Waals surface area (Å²) in [5, 5.41) is 12.7. The van der Waals surface area contributed by atoms with E-state index < -0.39 is 5.97 Å². The number of aryl methyl sites for hydroxylation is 2. The fourth-order valence-corrected chi connectivity index (χ4v) is 1.36. The molecular formula is C9H14N2O2. The zero-order valence-electron chi connectivity index (χ0n) is 7.95. The topological polar surface area (TPSA) is 55.1 Å². The van der Waals surface area contributed by atoms with Crippen molar-refractivity contribution in [1.82, 2.24) is 9.78 Å². The third-order valence-electron chi connectivity index (χ3n) is 1.99. The molecule has 0 aliphatic heterocycles. The standard InChI is InChI=1S/C9H14N2O2/c1-3-4-7-6-10-11(2)8(7)5-9(12)13/h6H,3-5H2,1-2H3,(H,12,13). The Morgan fingerprint density at radius 3 is 2.92 bits per heavy atom. The second-order valence-electron chi connectivity index (χ2n) is 3.06. The molecule has 72 valence electrons. The van der Waals surface area contributed by atoms with Crippen LogP contribution in [0.3, 0.4) is 0 Å². The van der Waals surface area contributed by atoms with Gasteiger partial charge in [-0.3, -0.25) is 9.48 Å². The van der Waals surface area contributed by atoms with Crippen LogP contribution < -0.4 is 0 Å². The summed E-state index contributed by atoms with van der Waals surface area (Å²) in [7, 11) is 1.78. The van der Waals surface area contributed by atoms with Crippen molar-refractivity contribution in [3.05, 3.63) is 17.5 Å². The van der Waals surface area contributed by atoms with Gasteiger partial charge in [-0.25, -0.2) is 0 Å². The van der Waals surface area contributed by atoms with Crippen molar-refractivity contribution < 1.29 is 9.90 Å². The molecule has 0 saturated heterocycles. The Bertz CT molecular complexity index is 305. The van der Waals surface area contributed by atoms with Crippen molar-refractivity contribution in [2.45, 2.75) is 26.2 Å². The van der Waals surface area contributed by atoms with Crippen molar-refractivity contribution >= 4 is 5.97 Å². The van der Waals surface area contributed by atoms with Gasteiger partial charge in [0.2, 0.25) is 0 Å². The fourth-order valence-electron chi connectivity index (χ4n) is 1.36. The number of hydrogen-bond donors (Lipinski definition) is 1. The van der Waals surface area contributed by atoms with Gasteiger partial charge in [-0.15, -0.1) is 0 Å². The Labute approximate surface area is 77.2 Å². The smallest absolute Gasteiger partial charge is 0.309 e. The van der Waals surface area contributed by atoms with E-state index >= 15 is 0 Å². The Morgan fingerprint density at radius 2 is 2.38 bits per heavy atom. The highest BCUT2D eigenvalue weighted by Crippen LogP contribution is 2.10. The molecule has 0 aliphatic carbocycles. The van der Waals surface area contributed by atoms with Crippen LogP contribution in [0.1, 0.15) is 24.6 Å². The second-order valence-corrected chi connectivity index (χ2v) is 3.06. The highest BCUT2D eigenvalue weighted by Gasteiger charge is 2.10. The average Bonchev–Trinajstić information content (AvgIpc) is 2.36. The molecule has 4 nitrogen and oxygen atoms in total. The van der Waals surface area contributed by atoms with Crippen LogP contribution in [-0.4, -0.2) is 20.9 Å². The monoisotopic (exact) mass is 182 g/mol. The van der Waals surface area contributed by atoms with E-state index in [1.165, 1.54) is 0 Å². The molecule has 0 unspecified atom stereocenters. The van der Waals surface area contributed by atoms with E-state index in [-0.39, 0.29) is 6.42 Å². The van der Waals surface area contributed by atoms with E-state index in [0.717, 1.165) is 24.1 Å². The quantitative estimate of drug-likeness (QED) is 0.755. The number of carboxylic acids is 1. The van der Waals surface area contributed by atoms with E-state index in [0.29, 0.717) is 0 Å². The zero-order valence-corrected chi connectivity index (χ0v) is 7.95. The molecule has 1 rings (SSSR count). The summed E-state index contributed by atoms with van der Waals surface area (Å²) in [4.78, 5) is 10.5. The lowest BCUT2D eigenvalue weighted by Crippen LogP contribution is -2.08. The van der Waals surface area contributed by atoms with Crippen molar-refractivity contribution in [3.63, 3.8) is 0 Å². The van der Waals surface area contributed by atoms with Gasteiger partial charge in [0.15, 0.2) is 0 Å². The molecule has 0 aromatic carbocycles. The molecule has 0 aliphatic rings. The first-order valence-electron chi connectivity index (χ1n) is 4.36. The van der Waals surface area contributed by atoms with Crippen molar-refractivity contribution in [2.75, 3.05) is 0 Å². The Hall–Kier alpha value is -1.32. The molecule has 0 radical (unpaired) electrons. The Kier molecular flexibility index (Phi) is 3.06. The van der Waals surface area contributed by atoms with Gasteiger partial charge in [0.25, 0.3) is 0 Å². The SMILES string of the molecule is CCCc1cnn(C)c1CC(=O)O. The molecule has 4 heteroatoms. The highest BCUT2D eigenvalue weighted by molar-refractivity contribution is 5.70. The summed E-state index contributed by atoms with van der Waals surface area (Å²) in [6, 6.07) is 0. The van der Waals surface area contributed by atoms with Gasteiger partial charge in [-0.1, -0.05) is 13.3 Å². The largest absolute Gasteiger partial charge is 0.481 e. The molecule has 0 fully saturated rings. The van der Waals surface area contributed by atoms with Crippen molar-refractivity contribution in [3.8, 4) is 0 Å². The van der Waals surface area contributed by atoms with Gasteiger partial charge in [0.1, 0.15) is 0 Å². The average molecular weight is 182 g/mol. The maximum Gasteiger partial charge on any atom is 0.309 e. The molecule has 1 N–H and O–H groups in total. The highest BCUT2D eigenvalue weighted by atomic mass is 16.4. The van der Waals surface area contributed by atoms with Crippen LogP contribution in [-0.2, 0) is 24.7 Å². The predicted molar refractivity (Wildman–Crippen MR) is 48.5 cm³/mol. The first-order chi connectivity index (χ1) is 6.15. The minimum atomic E-state index is -0.805. The molecule has 1 aromatic heterocycles. The van der Waals surface area contributed by atoms with Crippen LogP contribution >= 0.6 is 0 Å². The van der Waals surface area contributed by atoms with E-state index in [2.05, 4.69) is 12.0 Å². The van der Waals surface area contributed by atoms with Crippen LogP contribution in [0.2, 0.25) is 0 Å². The van der Waals surface area contributed by atoms with Gasteiger partial charge in [-0.05, 0) is 12.0 Å². The number of carboxylic acid groups (broad SMARTS) is 1. The summed E-state index contributed by atoms with van der Waals surface area (Å²) in [5.74, 6) is -0.805. The molecule has 0 saturated carbocycles. The van der Waals surface area contributed by atoms with Gasteiger partial charge < -0.3 is 5.11 Å². The number of aromatic nitrogens is 2. The molecule has 1 heterocycles. The summed E-state index contributed by atoms with van der Waals surface area (Å²) >= 11 is 0. The van der Waals surface area contributed by atoms with Crippen LogP contribution in [0.5, 0.6) is 0 Å². The third-order valence-corrected chi connectivity index (χ3v) is 1.99. The number of carbonyl (C=O) groups is 1. The van der Waals surface area contributed by atoms with Crippen molar-refractivity contribution in [1.29, 1.82) is 0 Å². The zero-order chi connectivity index (χ0) is 9.84. The lowest BCUT2D eigenvalue weighted by atomic mass is 10.1. The predicted octanol–water partition coefficient (Wildman–Crippen LogP) is 1.000. The van der Waals surface area contributed by atoms with Crippen LogP contribution in [0.4, 0.5) is 0 Å². The lowest BCUT2D eigenvalue weighted by Gasteiger charge is -2.01. The summed E-state index contributed by atoms with van der Waals surface area (Å²) < 4.78 is 1.64. The summed E-state index contributed by atoms with van der Waals surface area (Å²) in [6.45, 7) is 2.07. The first kappa shape index (κ1) is 9.77. The van der Waals surface area contributed by atoms with Gasteiger partial charge >= 0.3 is 5.97 Å². The van der Waals surface area contributed by atoms with E-state index in [1.54, 1.807) is 17.9 Å². The van der Waals surface area contributed by atoms with E-state index in [9.17, 15) is 4.79 Å². The maximum atomic E-state index is 10.5. The Morgan fingerprint density at radius 1 is 1.69 bits per heavy atom. The van der Waals surface area contributed by atoms with Crippen LogP contribution in [0.25, 0.3) is 0 Å². The molecule has 1 aromatic rings. The lowest BCUT2D eigenvalue weighted by molar-refractivity contribution is -0.136. The first-order valence-corrected chi connectivity index (χ1v) is 4.36. The molecular weight excluding hydrogens is 168 g/mol. The number of aliphatic carboxylic acids is 1. The molecule has 0 atom stereocenters. The molecule has 0 spiro atoms. The van der Waals surface area contributed by atoms with Gasteiger partial charge in [-0.2, -0.15) is 5.10 Å². The number of nitrogens with zero attached hydrogens (tertiary/aromatic N) is 2. The van der Waals surface area contributed by atoms with Gasteiger partial charge in [0, 0.05) is 7.05 Å². The second kappa shape index (κ2) is 4.07.